The van der Waals surface area contributed by atoms with E-state index in [4.69, 9.17) is 9.47 Å². The highest BCUT2D eigenvalue weighted by Gasteiger charge is 2.19. The van der Waals surface area contributed by atoms with Crippen LogP contribution < -0.4 is 9.47 Å². The molecule has 0 aliphatic heterocycles. The van der Waals surface area contributed by atoms with Gasteiger partial charge in [-0.3, -0.25) is 4.79 Å². The largest absolute Gasteiger partial charge is 0.496 e. The highest BCUT2D eigenvalue weighted by Crippen LogP contribution is 2.46. The van der Waals surface area contributed by atoms with Crippen molar-refractivity contribution in [3.05, 3.63) is 69.6 Å². The molecule has 0 heterocycles. The molecular weight excluding hydrogens is 484 g/mol. The van der Waals surface area contributed by atoms with Crippen molar-refractivity contribution in [1.82, 2.24) is 0 Å². The third-order valence-corrected chi connectivity index (χ3v) is 5.60. The summed E-state index contributed by atoms with van der Waals surface area (Å²) in [6.45, 7) is 1.41. The van der Waals surface area contributed by atoms with E-state index in [-0.39, 0.29) is 5.97 Å². The van der Waals surface area contributed by atoms with Crippen molar-refractivity contribution in [2.45, 2.75) is 6.92 Å². The third-order valence-electron chi connectivity index (χ3n) is 4.61. The number of hydrogen-bond acceptors (Lipinski definition) is 3. The number of rotatable bonds is 3. The van der Waals surface area contributed by atoms with Crippen LogP contribution in [0.4, 0.5) is 0 Å². The van der Waals surface area contributed by atoms with Gasteiger partial charge in [-0.15, -0.1) is 0 Å². The number of methoxy groups -OCH3 is 1. The van der Waals surface area contributed by atoms with Crippen LogP contribution in [0.1, 0.15) is 6.92 Å². The molecule has 0 aliphatic rings. The predicted octanol–water partition coefficient (Wildman–Crippen LogP) is 7.12. The average molecular weight is 500 g/mol. The molecule has 0 bridgehead atoms. The molecule has 0 unspecified atom stereocenters. The van der Waals surface area contributed by atoms with Crippen molar-refractivity contribution < 1.29 is 14.3 Å². The first kappa shape index (κ1) is 19.0. The monoisotopic (exact) mass is 498 g/mol. The topological polar surface area (TPSA) is 35.5 Å². The number of fused-ring (bicyclic) bond motifs is 2. The smallest absolute Gasteiger partial charge is 0.308 e. The van der Waals surface area contributed by atoms with E-state index in [0.29, 0.717) is 5.75 Å². The molecule has 0 spiro atoms. The van der Waals surface area contributed by atoms with Gasteiger partial charge in [-0.2, -0.15) is 0 Å². The van der Waals surface area contributed by atoms with Gasteiger partial charge in [0.25, 0.3) is 0 Å². The first-order valence-electron chi connectivity index (χ1n) is 8.65. The van der Waals surface area contributed by atoms with E-state index in [1.54, 1.807) is 7.11 Å². The Balaban J connectivity index is 2.17. The maximum absolute atomic E-state index is 11.8. The van der Waals surface area contributed by atoms with Crippen molar-refractivity contribution in [3.8, 4) is 22.6 Å². The molecule has 0 atom stereocenters. The summed E-state index contributed by atoms with van der Waals surface area (Å²) in [6, 6.07) is 19.9. The Morgan fingerprint density at radius 3 is 1.75 bits per heavy atom. The second-order valence-electron chi connectivity index (χ2n) is 6.41. The van der Waals surface area contributed by atoms with E-state index in [9.17, 15) is 4.79 Å². The fraction of sp³-hybridized carbons (Fsp3) is 0.0870. The van der Waals surface area contributed by atoms with Crippen molar-refractivity contribution >= 4 is 59.4 Å². The number of benzene rings is 4. The van der Waals surface area contributed by atoms with Crippen molar-refractivity contribution in [1.29, 1.82) is 0 Å². The van der Waals surface area contributed by atoms with E-state index in [1.165, 1.54) is 6.92 Å². The van der Waals surface area contributed by atoms with Crippen LogP contribution in [-0.4, -0.2) is 13.1 Å². The highest BCUT2D eigenvalue weighted by atomic mass is 79.9. The molecule has 0 saturated carbocycles. The minimum atomic E-state index is -0.361. The maximum Gasteiger partial charge on any atom is 0.308 e. The van der Waals surface area contributed by atoms with Crippen molar-refractivity contribution in [2.24, 2.45) is 0 Å². The molecule has 5 heteroatoms. The van der Waals surface area contributed by atoms with E-state index in [0.717, 1.165) is 47.4 Å². The standard InChI is InChI=1S/C23H16Br2O3/c1-13(26)28-21-10-4-15-12-17(25)6-8-19(15)23(21)22-18-7-5-16(24)11-14(18)3-9-20(22)27-2/h3-12H,1-2H3. The Labute approximate surface area is 179 Å². The van der Waals surface area contributed by atoms with Crippen molar-refractivity contribution in [2.75, 3.05) is 7.11 Å². The molecule has 4 aromatic rings. The molecule has 3 nitrogen and oxygen atoms in total. The van der Waals surface area contributed by atoms with Gasteiger partial charge in [0.2, 0.25) is 0 Å². The van der Waals surface area contributed by atoms with E-state index >= 15 is 0 Å². The summed E-state index contributed by atoms with van der Waals surface area (Å²) in [5, 5.41) is 4.10. The molecule has 4 aromatic carbocycles. The number of esters is 1. The van der Waals surface area contributed by atoms with Gasteiger partial charge in [0, 0.05) is 27.0 Å². The van der Waals surface area contributed by atoms with Crippen LogP contribution in [0, 0.1) is 0 Å². The molecule has 0 fully saturated rings. The zero-order chi connectivity index (χ0) is 19.8. The maximum atomic E-state index is 11.8. The number of hydrogen-bond donors (Lipinski definition) is 0. The summed E-state index contributed by atoms with van der Waals surface area (Å²) in [5.41, 5.74) is 1.74. The first-order chi connectivity index (χ1) is 13.5. The molecule has 140 valence electrons. The highest BCUT2D eigenvalue weighted by molar-refractivity contribution is 9.10. The van der Waals surface area contributed by atoms with Gasteiger partial charge in [0.15, 0.2) is 0 Å². The number of carbonyl (C=O) groups is 1. The molecule has 0 radical (unpaired) electrons. The van der Waals surface area contributed by atoms with Crippen molar-refractivity contribution in [3.63, 3.8) is 0 Å². The van der Waals surface area contributed by atoms with E-state index < -0.39 is 0 Å². The molecular formula is C23H16Br2O3. The van der Waals surface area contributed by atoms with Crippen LogP contribution in [0.15, 0.2) is 69.6 Å². The van der Waals surface area contributed by atoms with Crippen LogP contribution in [0.5, 0.6) is 11.5 Å². The Morgan fingerprint density at radius 2 is 1.25 bits per heavy atom. The second-order valence-corrected chi connectivity index (χ2v) is 8.24. The molecule has 0 saturated heterocycles. The molecule has 0 amide bonds. The van der Waals surface area contributed by atoms with E-state index in [2.05, 4.69) is 37.9 Å². The summed E-state index contributed by atoms with van der Waals surface area (Å²) in [5.74, 6) is 0.870. The summed E-state index contributed by atoms with van der Waals surface area (Å²) < 4.78 is 13.3. The fourth-order valence-corrected chi connectivity index (χ4v) is 4.24. The lowest BCUT2D eigenvalue weighted by atomic mass is 9.92. The average Bonchev–Trinajstić information content (AvgIpc) is 2.66. The first-order valence-corrected chi connectivity index (χ1v) is 10.2. The van der Waals surface area contributed by atoms with Crippen LogP contribution in [0.3, 0.4) is 0 Å². The fourth-order valence-electron chi connectivity index (χ4n) is 3.49. The van der Waals surface area contributed by atoms with Gasteiger partial charge in [-0.25, -0.2) is 0 Å². The normalized spacial score (nSPS) is 11.0. The summed E-state index contributed by atoms with van der Waals surface area (Å²) in [4.78, 5) is 11.8. The Bertz CT molecular complexity index is 1230. The van der Waals surface area contributed by atoms with E-state index in [1.807, 2.05) is 54.6 Å². The lowest BCUT2D eigenvalue weighted by molar-refractivity contribution is -0.131. The number of ether oxygens (including phenoxy) is 2. The van der Waals surface area contributed by atoms with Gasteiger partial charge in [-0.05, 0) is 57.9 Å². The van der Waals surface area contributed by atoms with Gasteiger partial charge in [-0.1, -0.05) is 56.1 Å². The third kappa shape index (κ3) is 3.40. The number of carbonyl (C=O) groups excluding carboxylic acids is 1. The lowest BCUT2D eigenvalue weighted by Crippen LogP contribution is -2.03. The summed E-state index contributed by atoms with van der Waals surface area (Å²) in [6.07, 6.45) is 0. The summed E-state index contributed by atoms with van der Waals surface area (Å²) in [7, 11) is 1.65. The Kier molecular flexibility index (Phi) is 5.13. The van der Waals surface area contributed by atoms with Crippen LogP contribution in [0.25, 0.3) is 32.7 Å². The molecule has 28 heavy (non-hydrogen) atoms. The molecule has 0 aliphatic carbocycles. The quantitative estimate of drug-likeness (QED) is 0.222. The minimum absolute atomic E-state index is 0.361. The Morgan fingerprint density at radius 1 is 0.750 bits per heavy atom. The van der Waals surface area contributed by atoms with Gasteiger partial charge in [0.1, 0.15) is 11.5 Å². The van der Waals surface area contributed by atoms with Crippen LogP contribution in [0.2, 0.25) is 0 Å². The van der Waals surface area contributed by atoms with Crippen LogP contribution >= 0.6 is 31.9 Å². The second kappa shape index (κ2) is 7.57. The van der Waals surface area contributed by atoms with Crippen LogP contribution in [-0.2, 0) is 4.79 Å². The zero-order valence-electron chi connectivity index (χ0n) is 15.3. The predicted molar refractivity (Wildman–Crippen MR) is 120 cm³/mol. The Hall–Kier alpha value is -2.37. The zero-order valence-corrected chi connectivity index (χ0v) is 18.4. The SMILES string of the molecule is COc1ccc2cc(Br)ccc2c1-c1c(OC(C)=O)ccc2cc(Br)ccc12. The number of halogens is 2. The van der Waals surface area contributed by atoms with Gasteiger partial charge < -0.3 is 9.47 Å². The molecule has 0 N–H and O–H groups in total. The summed E-state index contributed by atoms with van der Waals surface area (Å²) >= 11 is 7.07. The van der Waals surface area contributed by atoms with Gasteiger partial charge in [0.05, 0.1) is 7.11 Å². The lowest BCUT2D eigenvalue weighted by Gasteiger charge is -2.18. The molecule has 0 aromatic heterocycles. The minimum Gasteiger partial charge on any atom is -0.496 e. The van der Waals surface area contributed by atoms with Gasteiger partial charge >= 0.3 is 5.97 Å². The molecule has 4 rings (SSSR count).